The van der Waals surface area contributed by atoms with Gasteiger partial charge in [0.2, 0.25) is 5.09 Å². The summed E-state index contributed by atoms with van der Waals surface area (Å²) in [7, 11) is -3.86. The molecule has 0 bridgehead atoms. The van der Waals surface area contributed by atoms with Gasteiger partial charge in [-0.15, -0.1) is 0 Å². The van der Waals surface area contributed by atoms with E-state index in [2.05, 4.69) is 20.3 Å². The Labute approximate surface area is 171 Å². The van der Waals surface area contributed by atoms with Crippen molar-refractivity contribution in [1.82, 2.24) is 19.5 Å². The number of furan rings is 1. The van der Waals surface area contributed by atoms with Crippen LogP contribution in [-0.4, -0.2) is 27.9 Å². The van der Waals surface area contributed by atoms with Crippen molar-refractivity contribution in [2.24, 2.45) is 5.14 Å². The molecule has 0 atom stereocenters. The van der Waals surface area contributed by atoms with Crippen molar-refractivity contribution in [1.29, 1.82) is 0 Å². The number of primary sulfonamides is 1. The summed E-state index contributed by atoms with van der Waals surface area (Å²) in [6, 6.07) is 11.1. The maximum Gasteiger partial charge on any atom is 0.312 e. The number of halogens is 1. The fourth-order valence-electron chi connectivity index (χ4n) is 3.07. The highest BCUT2D eigenvalue weighted by atomic mass is 32.2. The molecule has 0 radical (unpaired) electrons. The highest BCUT2D eigenvalue weighted by molar-refractivity contribution is 7.89. The number of hydrogen-bond donors (Lipinski definition) is 2. The van der Waals surface area contributed by atoms with Crippen molar-refractivity contribution in [2.75, 3.05) is 5.32 Å². The number of fused-ring (bicyclic) bond motifs is 1. The lowest BCUT2D eigenvalue weighted by Crippen LogP contribution is -2.10. The Morgan fingerprint density at radius 1 is 1.17 bits per heavy atom. The standard InChI is InChI=1S/C19H19FN6O3S/c20-19-24-17(22-10-13-5-2-1-3-6-13)16-18(25-19)26(12-23-16)8-4-7-14-9-15(29-11-14)30(21,27)28/h1-3,5-6,9,11-12H,4,7-8,10H2,(H2,21,27,28)(H,22,24,25). The molecule has 0 saturated heterocycles. The normalized spacial score (nSPS) is 11.8. The van der Waals surface area contributed by atoms with Gasteiger partial charge in [-0.1, -0.05) is 30.3 Å². The molecular formula is C19H19FN6O3S. The van der Waals surface area contributed by atoms with Crippen LogP contribution < -0.4 is 10.5 Å². The van der Waals surface area contributed by atoms with Crippen LogP contribution in [0.15, 0.2) is 58.5 Å². The predicted octanol–water partition coefficient (Wildman–Crippen LogP) is 2.45. The number of nitrogens with zero attached hydrogens (tertiary/aromatic N) is 4. The fraction of sp³-hybridized carbons (Fsp3) is 0.211. The topological polar surface area (TPSA) is 129 Å². The van der Waals surface area contributed by atoms with E-state index in [0.29, 0.717) is 48.5 Å². The Kier molecular flexibility index (Phi) is 5.46. The predicted molar refractivity (Wildman–Crippen MR) is 107 cm³/mol. The first-order valence-corrected chi connectivity index (χ1v) is 10.7. The minimum atomic E-state index is -3.86. The van der Waals surface area contributed by atoms with Crippen molar-refractivity contribution in [3.05, 3.63) is 66.2 Å². The van der Waals surface area contributed by atoms with Crippen molar-refractivity contribution in [2.45, 2.75) is 31.0 Å². The molecule has 4 aromatic rings. The highest BCUT2D eigenvalue weighted by Gasteiger charge is 2.15. The number of aromatic nitrogens is 4. The summed E-state index contributed by atoms with van der Waals surface area (Å²) >= 11 is 0. The number of aryl methyl sites for hydroxylation is 2. The van der Waals surface area contributed by atoms with Gasteiger partial charge in [0, 0.05) is 19.2 Å². The van der Waals surface area contributed by atoms with E-state index in [9.17, 15) is 12.8 Å². The smallest absolute Gasteiger partial charge is 0.312 e. The van der Waals surface area contributed by atoms with Crippen molar-refractivity contribution in [3.63, 3.8) is 0 Å². The third-order valence-electron chi connectivity index (χ3n) is 4.51. The van der Waals surface area contributed by atoms with Crippen LogP contribution in [0.1, 0.15) is 17.5 Å². The van der Waals surface area contributed by atoms with E-state index >= 15 is 0 Å². The van der Waals surface area contributed by atoms with Crippen LogP contribution in [0.2, 0.25) is 0 Å². The summed E-state index contributed by atoms with van der Waals surface area (Å²) in [4.78, 5) is 12.0. The summed E-state index contributed by atoms with van der Waals surface area (Å²) < 4.78 is 43.3. The van der Waals surface area contributed by atoms with Gasteiger partial charge in [0.1, 0.15) is 0 Å². The molecule has 1 aromatic carbocycles. The number of nitrogens with two attached hydrogens (primary N) is 1. The second kappa shape index (κ2) is 8.20. The quantitative estimate of drug-likeness (QED) is 0.411. The summed E-state index contributed by atoms with van der Waals surface area (Å²) in [6.07, 6.45) is 3.28. The summed E-state index contributed by atoms with van der Waals surface area (Å²) in [5.74, 6) is 0.327. The van der Waals surface area contributed by atoms with E-state index in [0.717, 1.165) is 5.56 Å². The van der Waals surface area contributed by atoms with Crippen LogP contribution in [0.4, 0.5) is 10.2 Å². The van der Waals surface area contributed by atoms with Gasteiger partial charge in [-0.05, 0) is 24.0 Å². The second-order valence-electron chi connectivity index (χ2n) is 6.71. The first-order chi connectivity index (χ1) is 14.4. The number of sulfonamides is 1. The van der Waals surface area contributed by atoms with Crippen LogP contribution in [0, 0.1) is 6.08 Å². The van der Waals surface area contributed by atoms with Crippen LogP contribution in [-0.2, 0) is 29.5 Å². The minimum absolute atomic E-state index is 0.269. The number of anilines is 1. The first kappa shape index (κ1) is 20.0. The molecule has 0 aliphatic carbocycles. The average molecular weight is 430 g/mol. The SMILES string of the molecule is NS(=O)(=O)c1cc(CCCn2cnc3c(NCc4ccccc4)nc(F)nc32)co1. The molecule has 0 spiro atoms. The molecule has 11 heteroatoms. The average Bonchev–Trinajstić information content (AvgIpc) is 3.34. The second-order valence-corrected chi connectivity index (χ2v) is 8.21. The van der Waals surface area contributed by atoms with E-state index in [1.807, 2.05) is 30.3 Å². The van der Waals surface area contributed by atoms with Crippen molar-refractivity contribution < 1.29 is 17.2 Å². The van der Waals surface area contributed by atoms with Gasteiger partial charge in [-0.25, -0.2) is 18.5 Å². The van der Waals surface area contributed by atoms with Crippen LogP contribution >= 0.6 is 0 Å². The van der Waals surface area contributed by atoms with Gasteiger partial charge in [-0.2, -0.15) is 14.4 Å². The van der Waals surface area contributed by atoms with E-state index in [1.54, 1.807) is 10.9 Å². The molecule has 4 rings (SSSR count). The molecule has 0 aliphatic heterocycles. The lowest BCUT2D eigenvalue weighted by atomic mass is 10.2. The van der Waals surface area contributed by atoms with Crippen molar-refractivity contribution >= 4 is 27.0 Å². The summed E-state index contributed by atoms with van der Waals surface area (Å²) in [5.41, 5.74) is 2.60. The molecule has 30 heavy (non-hydrogen) atoms. The third kappa shape index (κ3) is 4.47. The zero-order chi connectivity index (χ0) is 21.1. The lowest BCUT2D eigenvalue weighted by Gasteiger charge is -2.07. The Morgan fingerprint density at radius 3 is 2.70 bits per heavy atom. The van der Waals surface area contributed by atoms with E-state index in [4.69, 9.17) is 9.56 Å². The van der Waals surface area contributed by atoms with Gasteiger partial charge in [0.15, 0.2) is 17.0 Å². The molecule has 3 N–H and O–H groups in total. The van der Waals surface area contributed by atoms with Gasteiger partial charge >= 0.3 is 6.08 Å². The van der Waals surface area contributed by atoms with Crippen LogP contribution in [0.3, 0.4) is 0 Å². The number of rotatable bonds is 8. The maximum atomic E-state index is 14.0. The van der Waals surface area contributed by atoms with Crippen molar-refractivity contribution in [3.8, 4) is 0 Å². The largest absolute Gasteiger partial charge is 0.451 e. The molecule has 3 aromatic heterocycles. The van der Waals surface area contributed by atoms with Crippen LogP contribution in [0.25, 0.3) is 11.2 Å². The zero-order valence-corrected chi connectivity index (χ0v) is 16.6. The first-order valence-electron chi connectivity index (χ1n) is 9.16. The number of hydrogen-bond acceptors (Lipinski definition) is 7. The number of imidazole rings is 1. The molecule has 0 saturated carbocycles. The lowest BCUT2D eigenvalue weighted by molar-refractivity contribution is 0.449. The molecule has 9 nitrogen and oxygen atoms in total. The van der Waals surface area contributed by atoms with E-state index in [1.165, 1.54) is 12.3 Å². The number of nitrogens with one attached hydrogen (secondary N) is 1. The Bertz CT molecular complexity index is 1270. The van der Waals surface area contributed by atoms with Gasteiger partial charge in [-0.3, -0.25) is 0 Å². The summed E-state index contributed by atoms with van der Waals surface area (Å²) in [6.45, 7) is 0.979. The fourth-order valence-corrected chi connectivity index (χ4v) is 3.57. The molecular weight excluding hydrogens is 411 g/mol. The van der Waals surface area contributed by atoms with Gasteiger partial charge < -0.3 is 14.3 Å². The molecule has 0 unspecified atom stereocenters. The van der Waals surface area contributed by atoms with Gasteiger partial charge in [0.25, 0.3) is 10.0 Å². The molecule has 156 valence electrons. The van der Waals surface area contributed by atoms with Crippen LogP contribution in [0.5, 0.6) is 0 Å². The van der Waals surface area contributed by atoms with Gasteiger partial charge in [0.05, 0.1) is 12.6 Å². The monoisotopic (exact) mass is 430 g/mol. The molecule has 0 fully saturated rings. The molecule has 0 amide bonds. The molecule has 3 heterocycles. The third-order valence-corrected chi connectivity index (χ3v) is 5.29. The maximum absolute atomic E-state index is 14.0. The molecule has 0 aliphatic rings. The Morgan fingerprint density at radius 2 is 1.97 bits per heavy atom. The Hall–Kier alpha value is -3.31. The summed E-state index contributed by atoms with van der Waals surface area (Å²) in [5, 5.41) is 7.88. The number of benzene rings is 1. The van der Waals surface area contributed by atoms with E-state index in [-0.39, 0.29) is 5.09 Å². The zero-order valence-electron chi connectivity index (χ0n) is 15.8. The highest BCUT2D eigenvalue weighted by Crippen LogP contribution is 2.20. The van der Waals surface area contributed by atoms with E-state index < -0.39 is 16.1 Å². The Balaban J connectivity index is 1.46. The minimum Gasteiger partial charge on any atom is -0.451 e.